The molecule has 1 atom stereocenters. The lowest BCUT2D eigenvalue weighted by Crippen LogP contribution is -2.39. The van der Waals surface area contributed by atoms with E-state index in [4.69, 9.17) is 4.99 Å². The molecule has 9 heteroatoms. The maximum absolute atomic E-state index is 12.9. The Balaban J connectivity index is 1.70. The van der Waals surface area contributed by atoms with Gasteiger partial charge in [0.1, 0.15) is 5.71 Å². The highest BCUT2D eigenvalue weighted by molar-refractivity contribution is 9.10. The van der Waals surface area contributed by atoms with Gasteiger partial charge in [-0.05, 0) is 24.3 Å². The fourth-order valence-electron chi connectivity index (χ4n) is 4.31. The predicted molar refractivity (Wildman–Crippen MR) is 134 cm³/mol. The van der Waals surface area contributed by atoms with Crippen LogP contribution in [0.5, 0.6) is 0 Å². The molecule has 1 N–H and O–H groups in total. The molecule has 0 saturated carbocycles. The number of fused-ring (bicyclic) bond motifs is 2. The summed E-state index contributed by atoms with van der Waals surface area (Å²) in [7, 11) is 0. The van der Waals surface area contributed by atoms with Gasteiger partial charge in [-0.25, -0.2) is 0 Å². The number of nitrogens with one attached hydrogen (secondary N) is 1. The molecule has 2 aromatic carbocycles. The van der Waals surface area contributed by atoms with Gasteiger partial charge in [-0.15, -0.1) is 0 Å². The van der Waals surface area contributed by atoms with Gasteiger partial charge < -0.3 is 5.32 Å². The zero-order valence-corrected chi connectivity index (χ0v) is 20.9. The van der Waals surface area contributed by atoms with Crippen LogP contribution < -0.4 is 5.32 Å². The molecule has 166 valence electrons. The highest BCUT2D eigenvalue weighted by atomic mass is 79.9. The molecule has 1 amide bonds. The van der Waals surface area contributed by atoms with E-state index in [2.05, 4.69) is 37.2 Å². The van der Waals surface area contributed by atoms with E-state index in [1.54, 1.807) is 17.0 Å². The maximum atomic E-state index is 12.9. The Morgan fingerprint density at radius 3 is 2.15 bits per heavy atom. The normalized spacial score (nSPS) is 16.2. The number of carbonyl (C=O) groups excluding carboxylic acids is 3. The molecule has 3 heterocycles. The highest BCUT2D eigenvalue weighted by Crippen LogP contribution is 2.33. The Morgan fingerprint density at radius 1 is 0.939 bits per heavy atom. The van der Waals surface area contributed by atoms with Gasteiger partial charge in [0.05, 0.1) is 17.1 Å². The van der Waals surface area contributed by atoms with Crippen molar-refractivity contribution in [3.63, 3.8) is 0 Å². The molecule has 4 aromatic rings. The summed E-state index contributed by atoms with van der Waals surface area (Å²) in [5, 5.41) is 4.59. The Kier molecular flexibility index (Phi) is 5.33. The van der Waals surface area contributed by atoms with E-state index in [-0.39, 0.29) is 29.5 Å². The van der Waals surface area contributed by atoms with Crippen molar-refractivity contribution in [2.24, 2.45) is 4.99 Å². The number of hydrogen-bond acceptors (Lipinski definition) is 4. The quantitative estimate of drug-likeness (QED) is 0.364. The second-order valence-electron chi connectivity index (χ2n) is 7.93. The van der Waals surface area contributed by atoms with E-state index in [1.165, 1.54) is 18.4 Å². The van der Waals surface area contributed by atoms with Crippen molar-refractivity contribution in [3.05, 3.63) is 68.9 Å². The zero-order valence-electron chi connectivity index (χ0n) is 17.7. The smallest absolute Gasteiger partial charge is 0.270 e. The number of carbonyl (C=O) groups is 3. The van der Waals surface area contributed by atoms with Crippen molar-refractivity contribution in [2.45, 2.75) is 19.9 Å². The number of benzene rings is 2. The lowest BCUT2D eigenvalue weighted by Gasteiger charge is -2.21. The molecule has 1 aliphatic rings. The first-order chi connectivity index (χ1) is 15.7. The van der Waals surface area contributed by atoms with Crippen LogP contribution >= 0.6 is 31.9 Å². The first-order valence-corrected chi connectivity index (χ1v) is 11.8. The van der Waals surface area contributed by atoms with Gasteiger partial charge in [0.2, 0.25) is 11.8 Å². The molecule has 0 radical (unpaired) electrons. The largest absolute Gasteiger partial charge is 0.348 e. The molecule has 0 fully saturated rings. The van der Waals surface area contributed by atoms with E-state index in [0.29, 0.717) is 17.6 Å². The van der Waals surface area contributed by atoms with Crippen LogP contribution in [0.15, 0.2) is 62.7 Å². The van der Waals surface area contributed by atoms with Gasteiger partial charge in [0, 0.05) is 63.6 Å². The second kappa shape index (κ2) is 8.07. The van der Waals surface area contributed by atoms with Crippen LogP contribution in [0, 0.1) is 0 Å². The Hall–Kier alpha value is -3.04. The molecule has 1 aliphatic heterocycles. The van der Waals surface area contributed by atoms with E-state index in [0.717, 1.165) is 30.8 Å². The van der Waals surface area contributed by atoms with Crippen molar-refractivity contribution in [3.8, 4) is 0 Å². The zero-order chi connectivity index (χ0) is 23.4. The molecule has 33 heavy (non-hydrogen) atoms. The van der Waals surface area contributed by atoms with Crippen LogP contribution in [0.25, 0.3) is 21.8 Å². The van der Waals surface area contributed by atoms with Gasteiger partial charge in [-0.3, -0.25) is 28.5 Å². The fourth-order valence-corrected chi connectivity index (χ4v) is 5.00. The molecule has 0 unspecified atom stereocenters. The summed E-state index contributed by atoms with van der Waals surface area (Å²) in [4.78, 5) is 42.2. The predicted octanol–water partition coefficient (Wildman–Crippen LogP) is 5.10. The fraction of sp³-hybridized carbons (Fsp3) is 0.167. The topological polar surface area (TPSA) is 85.5 Å². The van der Waals surface area contributed by atoms with E-state index >= 15 is 0 Å². The Labute approximate surface area is 205 Å². The van der Waals surface area contributed by atoms with Crippen LogP contribution in [0.3, 0.4) is 0 Å². The first-order valence-electron chi connectivity index (χ1n) is 10.2. The lowest BCUT2D eigenvalue weighted by molar-refractivity contribution is -0.115. The van der Waals surface area contributed by atoms with Crippen molar-refractivity contribution >= 4 is 77.1 Å². The van der Waals surface area contributed by atoms with E-state index in [9.17, 15) is 14.4 Å². The van der Waals surface area contributed by atoms with Crippen LogP contribution in [0.4, 0.5) is 0 Å². The number of rotatable bonds is 2. The number of nitrogens with zero attached hydrogens (tertiary/aromatic N) is 3. The van der Waals surface area contributed by atoms with E-state index < -0.39 is 0 Å². The first kappa shape index (κ1) is 21.8. The van der Waals surface area contributed by atoms with Crippen molar-refractivity contribution in [1.82, 2.24) is 14.5 Å². The summed E-state index contributed by atoms with van der Waals surface area (Å²) in [6.45, 7) is 3.30. The molecular formula is C24H18Br2N4O3. The number of amides is 1. The summed E-state index contributed by atoms with van der Waals surface area (Å²) in [6.07, 6.45) is 3.45. The molecule has 0 saturated heterocycles. The van der Waals surface area contributed by atoms with Gasteiger partial charge >= 0.3 is 0 Å². The summed E-state index contributed by atoms with van der Waals surface area (Å²) in [5.74, 6) is -0.564. The highest BCUT2D eigenvalue weighted by Gasteiger charge is 2.29. The average Bonchev–Trinajstić information content (AvgIpc) is 3.32. The van der Waals surface area contributed by atoms with Crippen LogP contribution in [-0.2, 0) is 4.79 Å². The minimum Gasteiger partial charge on any atom is -0.348 e. The second-order valence-corrected chi connectivity index (χ2v) is 9.76. The number of aliphatic imine (C=N–C) groups is 1. The SMILES string of the molecule is CC(=O)n1cc(C2=N[C@@H](c3cn(C(C)=O)c4cc(Br)ccc34)CNC2=O)c2ccc(Br)cc21. The molecule has 7 nitrogen and oxygen atoms in total. The van der Waals surface area contributed by atoms with Crippen LogP contribution in [-0.4, -0.2) is 39.1 Å². The van der Waals surface area contributed by atoms with Crippen molar-refractivity contribution < 1.29 is 14.4 Å². The van der Waals surface area contributed by atoms with E-state index in [1.807, 2.05) is 36.4 Å². The van der Waals surface area contributed by atoms with Gasteiger partial charge in [0.25, 0.3) is 5.91 Å². The van der Waals surface area contributed by atoms with Gasteiger partial charge in [0.15, 0.2) is 0 Å². The number of aromatic nitrogens is 2. The molecule has 0 bridgehead atoms. The molecule has 0 aliphatic carbocycles. The molecule has 5 rings (SSSR count). The molecular weight excluding hydrogens is 552 g/mol. The summed E-state index contributed by atoms with van der Waals surface area (Å²) in [6, 6.07) is 11.0. The number of hydrogen-bond donors (Lipinski definition) is 1. The average molecular weight is 570 g/mol. The lowest BCUT2D eigenvalue weighted by atomic mass is 10.0. The summed E-state index contributed by atoms with van der Waals surface area (Å²) in [5.41, 5.74) is 3.18. The van der Waals surface area contributed by atoms with Gasteiger partial charge in [-0.2, -0.15) is 0 Å². The maximum Gasteiger partial charge on any atom is 0.270 e. The molecule has 2 aromatic heterocycles. The monoisotopic (exact) mass is 568 g/mol. The third-order valence-electron chi connectivity index (χ3n) is 5.81. The minimum absolute atomic E-state index is 0.108. The molecule has 0 spiro atoms. The van der Waals surface area contributed by atoms with Crippen molar-refractivity contribution in [2.75, 3.05) is 6.54 Å². The summed E-state index contributed by atoms with van der Waals surface area (Å²) >= 11 is 6.92. The number of halogens is 2. The Morgan fingerprint density at radius 2 is 1.52 bits per heavy atom. The standard InChI is InChI=1S/C24H18Br2N4O3/c1-12(31)29-10-18(16-5-3-14(25)7-21(16)29)20-9-27-24(33)23(28-20)19-11-30(13(2)32)22-8-15(26)4-6-17(19)22/h3-8,10-11,20H,9H2,1-2H3,(H,27,33)/t20-/m1/s1. The summed E-state index contributed by atoms with van der Waals surface area (Å²) < 4.78 is 4.82. The third kappa shape index (κ3) is 3.65. The Bertz CT molecular complexity index is 1530. The van der Waals surface area contributed by atoms with Gasteiger partial charge in [-0.1, -0.05) is 44.0 Å². The minimum atomic E-state index is -0.381. The van der Waals surface area contributed by atoms with Crippen molar-refractivity contribution in [1.29, 1.82) is 0 Å². The van der Waals surface area contributed by atoms with Crippen LogP contribution in [0.1, 0.15) is 40.6 Å². The third-order valence-corrected chi connectivity index (χ3v) is 6.80. The van der Waals surface area contributed by atoms with Crippen LogP contribution in [0.2, 0.25) is 0 Å².